The number of fused-ring (bicyclic) bond motifs is 1. The van der Waals surface area contributed by atoms with Crippen LogP contribution < -0.4 is 0 Å². The van der Waals surface area contributed by atoms with Gasteiger partial charge in [-0.1, -0.05) is 29.8 Å². The molecule has 0 amide bonds. The number of aryl methyl sites for hydroxylation is 1. The van der Waals surface area contributed by atoms with Crippen LogP contribution in [0.3, 0.4) is 0 Å². The van der Waals surface area contributed by atoms with Gasteiger partial charge in [0, 0.05) is 11.1 Å². The van der Waals surface area contributed by atoms with Crippen LogP contribution in [0.25, 0.3) is 33.9 Å². The monoisotopic (exact) mass is 412 g/mol. The van der Waals surface area contributed by atoms with E-state index >= 15 is 0 Å². The summed E-state index contributed by atoms with van der Waals surface area (Å²) in [7, 11) is 0. The molecule has 2 aromatic heterocycles. The van der Waals surface area contributed by atoms with Crippen molar-refractivity contribution in [2.24, 2.45) is 4.99 Å². The molecule has 3 aromatic carbocycles. The fourth-order valence-corrected chi connectivity index (χ4v) is 3.45. The number of aromatic nitrogens is 1. The van der Waals surface area contributed by atoms with Crippen LogP contribution in [0, 0.1) is 6.92 Å². The maximum absolute atomic E-state index is 6.23. The Kier molecular flexibility index (Phi) is 4.69. The van der Waals surface area contributed by atoms with E-state index in [-0.39, 0.29) is 0 Å². The van der Waals surface area contributed by atoms with Gasteiger partial charge in [0.25, 0.3) is 0 Å². The summed E-state index contributed by atoms with van der Waals surface area (Å²) >= 11 is 6.23. The average Bonchev–Trinajstić information content (AvgIpc) is 3.40. The highest BCUT2D eigenvalue weighted by Crippen LogP contribution is 2.29. The van der Waals surface area contributed by atoms with Gasteiger partial charge in [-0.3, -0.25) is 4.99 Å². The summed E-state index contributed by atoms with van der Waals surface area (Å²) in [6.45, 7) is 2.04. The number of aliphatic imine (C=N–C) groups is 1. The zero-order chi connectivity index (χ0) is 20.5. The topological polar surface area (TPSA) is 51.5 Å². The van der Waals surface area contributed by atoms with Gasteiger partial charge in [0.05, 0.1) is 16.9 Å². The van der Waals surface area contributed by atoms with Crippen LogP contribution >= 0.6 is 11.6 Å². The van der Waals surface area contributed by atoms with Crippen molar-refractivity contribution >= 4 is 34.6 Å². The van der Waals surface area contributed by atoms with Gasteiger partial charge >= 0.3 is 0 Å². The molecule has 4 nitrogen and oxygen atoms in total. The Morgan fingerprint density at radius 2 is 1.73 bits per heavy atom. The fourth-order valence-electron chi connectivity index (χ4n) is 3.22. The SMILES string of the molecule is Cc1ccc2oc(-c3ccc(N=Cc4ccc(-c5ccccc5Cl)o4)cc3)nc2c1. The van der Waals surface area contributed by atoms with Crippen molar-refractivity contribution in [3.8, 4) is 22.8 Å². The Balaban J connectivity index is 1.35. The molecule has 5 heteroatoms. The average molecular weight is 413 g/mol. The molecule has 5 rings (SSSR count). The molecule has 5 aromatic rings. The highest BCUT2D eigenvalue weighted by atomic mass is 35.5. The summed E-state index contributed by atoms with van der Waals surface area (Å²) in [5, 5.41) is 0.653. The van der Waals surface area contributed by atoms with Gasteiger partial charge in [-0.2, -0.15) is 0 Å². The molecule has 0 radical (unpaired) electrons. The number of furan rings is 1. The molecule has 0 saturated heterocycles. The Morgan fingerprint density at radius 3 is 2.57 bits per heavy atom. The predicted octanol–water partition coefficient (Wildman–Crippen LogP) is 7.47. The number of oxazole rings is 1. The molecule has 0 spiro atoms. The van der Waals surface area contributed by atoms with Crippen LogP contribution in [0.4, 0.5) is 5.69 Å². The third-order valence-electron chi connectivity index (χ3n) is 4.76. The van der Waals surface area contributed by atoms with E-state index in [0.717, 1.165) is 33.5 Å². The summed E-state index contributed by atoms with van der Waals surface area (Å²) < 4.78 is 11.7. The number of hydrogen-bond acceptors (Lipinski definition) is 4. The Bertz CT molecular complexity index is 1360. The first-order valence-electron chi connectivity index (χ1n) is 9.52. The molecule has 0 fully saturated rings. The molecular weight excluding hydrogens is 396 g/mol. The second-order valence-corrected chi connectivity index (χ2v) is 7.38. The highest BCUT2D eigenvalue weighted by molar-refractivity contribution is 6.33. The van der Waals surface area contributed by atoms with Crippen LogP contribution in [-0.4, -0.2) is 11.2 Å². The van der Waals surface area contributed by atoms with E-state index in [1.165, 1.54) is 0 Å². The van der Waals surface area contributed by atoms with Gasteiger partial charge < -0.3 is 8.83 Å². The lowest BCUT2D eigenvalue weighted by Gasteiger charge is -1.99. The second-order valence-electron chi connectivity index (χ2n) is 6.98. The second kappa shape index (κ2) is 7.65. The Hall–Kier alpha value is -3.63. The number of hydrogen-bond donors (Lipinski definition) is 0. The minimum atomic E-state index is 0.599. The standard InChI is InChI=1S/C25H17ClN2O2/c1-16-6-12-24-22(14-16)28-25(30-24)17-7-9-18(10-8-17)27-15-19-11-13-23(29-19)20-4-2-3-5-21(20)26/h2-15H,1H3. The minimum absolute atomic E-state index is 0.599. The van der Waals surface area contributed by atoms with Crippen molar-refractivity contribution in [2.45, 2.75) is 6.92 Å². The van der Waals surface area contributed by atoms with Crippen molar-refractivity contribution in [2.75, 3.05) is 0 Å². The summed E-state index contributed by atoms with van der Waals surface area (Å²) in [6.07, 6.45) is 1.69. The molecule has 0 aliphatic rings. The maximum Gasteiger partial charge on any atom is 0.227 e. The van der Waals surface area contributed by atoms with Gasteiger partial charge in [-0.15, -0.1) is 0 Å². The normalized spacial score (nSPS) is 11.5. The lowest BCUT2D eigenvalue weighted by Crippen LogP contribution is -1.78. The molecule has 0 aliphatic heterocycles. The van der Waals surface area contributed by atoms with Crippen LogP contribution in [-0.2, 0) is 0 Å². The number of benzene rings is 3. The number of rotatable bonds is 4. The zero-order valence-electron chi connectivity index (χ0n) is 16.2. The first kappa shape index (κ1) is 18.4. The van der Waals surface area contributed by atoms with Gasteiger partial charge in [0.1, 0.15) is 17.0 Å². The first-order valence-corrected chi connectivity index (χ1v) is 9.90. The minimum Gasteiger partial charge on any atom is -0.455 e. The summed E-state index contributed by atoms with van der Waals surface area (Å²) in [5.41, 5.74) is 5.37. The quantitative estimate of drug-likeness (QED) is 0.288. The van der Waals surface area contributed by atoms with Crippen LogP contribution in [0.1, 0.15) is 11.3 Å². The van der Waals surface area contributed by atoms with E-state index < -0.39 is 0 Å². The van der Waals surface area contributed by atoms with Gasteiger partial charge in [0.2, 0.25) is 5.89 Å². The molecule has 146 valence electrons. The number of halogens is 1. The van der Waals surface area contributed by atoms with Crippen molar-refractivity contribution in [3.63, 3.8) is 0 Å². The van der Waals surface area contributed by atoms with E-state index in [2.05, 4.69) is 9.98 Å². The smallest absolute Gasteiger partial charge is 0.227 e. The highest BCUT2D eigenvalue weighted by Gasteiger charge is 2.09. The van der Waals surface area contributed by atoms with E-state index in [1.54, 1.807) is 6.21 Å². The molecule has 0 atom stereocenters. The molecular formula is C25H17ClN2O2. The van der Waals surface area contributed by atoms with E-state index in [9.17, 15) is 0 Å². The van der Waals surface area contributed by atoms with E-state index in [4.69, 9.17) is 20.4 Å². The Labute approximate surface area is 178 Å². The predicted molar refractivity (Wildman–Crippen MR) is 121 cm³/mol. The molecule has 0 bridgehead atoms. The molecule has 0 aliphatic carbocycles. The third kappa shape index (κ3) is 3.65. The molecule has 30 heavy (non-hydrogen) atoms. The van der Waals surface area contributed by atoms with Gasteiger partial charge in [-0.25, -0.2) is 4.98 Å². The van der Waals surface area contributed by atoms with E-state index in [0.29, 0.717) is 22.4 Å². The summed E-state index contributed by atoms with van der Waals surface area (Å²) in [4.78, 5) is 9.07. The summed E-state index contributed by atoms with van der Waals surface area (Å²) in [5.74, 6) is 1.97. The molecule has 0 unspecified atom stereocenters. The lowest BCUT2D eigenvalue weighted by atomic mass is 10.2. The van der Waals surface area contributed by atoms with Crippen molar-refractivity contribution in [1.29, 1.82) is 0 Å². The van der Waals surface area contributed by atoms with Crippen molar-refractivity contribution in [3.05, 3.63) is 95.2 Å². The van der Waals surface area contributed by atoms with Gasteiger partial charge in [-0.05, 0) is 73.2 Å². The lowest BCUT2D eigenvalue weighted by molar-refractivity contribution is 0.575. The summed E-state index contributed by atoms with van der Waals surface area (Å²) in [6, 6.07) is 25.1. The Morgan fingerprint density at radius 1 is 0.900 bits per heavy atom. The maximum atomic E-state index is 6.23. The largest absolute Gasteiger partial charge is 0.455 e. The number of nitrogens with zero attached hydrogens (tertiary/aromatic N) is 2. The van der Waals surface area contributed by atoms with E-state index in [1.807, 2.05) is 85.8 Å². The van der Waals surface area contributed by atoms with Crippen LogP contribution in [0.2, 0.25) is 5.02 Å². The van der Waals surface area contributed by atoms with Gasteiger partial charge in [0.15, 0.2) is 5.58 Å². The fraction of sp³-hybridized carbons (Fsp3) is 0.0400. The van der Waals surface area contributed by atoms with Crippen LogP contribution in [0.5, 0.6) is 0 Å². The molecule has 0 saturated carbocycles. The van der Waals surface area contributed by atoms with Crippen molar-refractivity contribution < 1.29 is 8.83 Å². The van der Waals surface area contributed by atoms with Crippen molar-refractivity contribution in [1.82, 2.24) is 4.98 Å². The first-order chi connectivity index (χ1) is 14.7. The third-order valence-corrected chi connectivity index (χ3v) is 5.09. The molecule has 2 heterocycles. The molecule has 0 N–H and O–H groups in total. The van der Waals surface area contributed by atoms with Crippen LogP contribution in [0.15, 0.2) is 92.7 Å². The zero-order valence-corrected chi connectivity index (χ0v) is 16.9.